The largest absolute Gasteiger partial charge is 0.469 e. The van der Waals surface area contributed by atoms with E-state index in [0.29, 0.717) is 6.04 Å². The van der Waals surface area contributed by atoms with Crippen molar-refractivity contribution in [2.75, 3.05) is 6.54 Å². The monoisotopic (exact) mass is 267 g/mol. The molecule has 1 heterocycles. The molecule has 4 N–H and O–H groups in total. The fraction of sp³-hybridized carbons (Fsp3) is 0.643. The van der Waals surface area contributed by atoms with Gasteiger partial charge in [0.2, 0.25) is 0 Å². The van der Waals surface area contributed by atoms with E-state index >= 15 is 0 Å². The molecule has 1 aromatic rings. The molecule has 5 heteroatoms. The molecule has 108 valence electrons. The lowest BCUT2D eigenvalue weighted by molar-refractivity contribution is 0.304. The van der Waals surface area contributed by atoms with Crippen LogP contribution in [0.3, 0.4) is 0 Å². The van der Waals surface area contributed by atoms with E-state index in [-0.39, 0.29) is 11.3 Å². The molecule has 0 spiro atoms. The van der Waals surface area contributed by atoms with Crippen molar-refractivity contribution in [3.8, 4) is 0 Å². The zero-order valence-electron chi connectivity index (χ0n) is 12.0. The van der Waals surface area contributed by atoms with Gasteiger partial charge in [-0.25, -0.2) is 0 Å². The van der Waals surface area contributed by atoms with Gasteiger partial charge in [0.15, 0.2) is 0 Å². The Balaban J connectivity index is 2.21. The average Bonchev–Trinajstić information content (AvgIpc) is 2.88. The van der Waals surface area contributed by atoms with Crippen LogP contribution in [0.4, 0.5) is 0 Å². The number of nitrogens with one attached hydrogen (secondary N) is 1. The number of rotatable bonds is 8. The van der Waals surface area contributed by atoms with E-state index in [0.717, 1.165) is 31.6 Å². The van der Waals surface area contributed by atoms with Crippen LogP contribution in [0.2, 0.25) is 0 Å². The Morgan fingerprint density at radius 2 is 2.32 bits per heavy atom. The molecule has 0 fully saturated rings. The normalized spacial score (nSPS) is 14.6. The van der Waals surface area contributed by atoms with Gasteiger partial charge in [-0.1, -0.05) is 19.0 Å². The maximum absolute atomic E-state index is 8.70. The van der Waals surface area contributed by atoms with Crippen LogP contribution in [0.25, 0.3) is 0 Å². The fourth-order valence-electron chi connectivity index (χ4n) is 1.81. The summed E-state index contributed by atoms with van der Waals surface area (Å²) in [6, 6.07) is 4.31. The molecule has 0 saturated heterocycles. The second-order valence-electron chi connectivity index (χ2n) is 5.59. The van der Waals surface area contributed by atoms with Gasteiger partial charge in [0, 0.05) is 17.9 Å². The maximum atomic E-state index is 8.70. The molecule has 5 nitrogen and oxygen atoms in total. The Labute approximate surface area is 114 Å². The first kappa shape index (κ1) is 15.6. The van der Waals surface area contributed by atoms with Gasteiger partial charge >= 0.3 is 0 Å². The summed E-state index contributed by atoms with van der Waals surface area (Å²) in [7, 11) is 0. The molecule has 0 bridgehead atoms. The van der Waals surface area contributed by atoms with Crippen molar-refractivity contribution < 1.29 is 9.62 Å². The number of amidine groups is 1. The van der Waals surface area contributed by atoms with Crippen LogP contribution in [-0.2, 0) is 6.42 Å². The topological polar surface area (TPSA) is 83.8 Å². The van der Waals surface area contributed by atoms with E-state index in [1.165, 1.54) is 0 Å². The lowest BCUT2D eigenvalue weighted by atomic mass is 9.88. The third-order valence-electron chi connectivity index (χ3n) is 3.45. The minimum absolute atomic E-state index is 0.275. The predicted molar refractivity (Wildman–Crippen MR) is 76.3 cm³/mol. The zero-order chi connectivity index (χ0) is 14.3. The Kier molecular flexibility index (Phi) is 5.89. The highest BCUT2D eigenvalue weighted by molar-refractivity contribution is 5.85. The second-order valence-corrected chi connectivity index (χ2v) is 5.59. The number of hydrogen-bond acceptors (Lipinski definition) is 4. The number of nitrogens with zero attached hydrogens (tertiary/aromatic N) is 1. The fourth-order valence-corrected chi connectivity index (χ4v) is 1.81. The highest BCUT2D eigenvalue weighted by atomic mass is 16.4. The zero-order valence-corrected chi connectivity index (χ0v) is 12.0. The van der Waals surface area contributed by atoms with E-state index in [4.69, 9.17) is 15.4 Å². The summed E-state index contributed by atoms with van der Waals surface area (Å²) in [5, 5.41) is 15.2. The summed E-state index contributed by atoms with van der Waals surface area (Å²) < 4.78 is 5.30. The van der Waals surface area contributed by atoms with Crippen molar-refractivity contribution in [3.63, 3.8) is 0 Å². The van der Waals surface area contributed by atoms with Gasteiger partial charge in [-0.3, -0.25) is 0 Å². The molecule has 0 radical (unpaired) electrons. The van der Waals surface area contributed by atoms with E-state index in [9.17, 15) is 0 Å². The Morgan fingerprint density at radius 3 is 2.89 bits per heavy atom. The van der Waals surface area contributed by atoms with Gasteiger partial charge in [0.25, 0.3) is 0 Å². The van der Waals surface area contributed by atoms with Gasteiger partial charge < -0.3 is 20.7 Å². The highest BCUT2D eigenvalue weighted by Crippen LogP contribution is 2.19. The molecule has 0 aliphatic carbocycles. The smallest absolute Gasteiger partial charge is 0.144 e. The van der Waals surface area contributed by atoms with Gasteiger partial charge in [-0.2, -0.15) is 0 Å². The van der Waals surface area contributed by atoms with Crippen LogP contribution in [0.5, 0.6) is 0 Å². The standard InChI is InChI=1S/C14H25N3O2/c1-11(6-7-12-5-4-10-19-12)16-9-8-14(2,3)13(15)17-18/h4-5,10-11,16,18H,6-9H2,1-3H3,(H2,15,17). The van der Waals surface area contributed by atoms with Crippen LogP contribution >= 0.6 is 0 Å². The lowest BCUT2D eigenvalue weighted by Gasteiger charge is -2.24. The summed E-state index contributed by atoms with van der Waals surface area (Å²) >= 11 is 0. The predicted octanol–water partition coefficient (Wildman–Crippen LogP) is 2.35. The average molecular weight is 267 g/mol. The Morgan fingerprint density at radius 1 is 1.58 bits per heavy atom. The summed E-state index contributed by atoms with van der Waals surface area (Å²) in [6.07, 6.45) is 4.49. The number of hydrogen-bond donors (Lipinski definition) is 3. The first-order chi connectivity index (χ1) is 8.95. The molecule has 1 rings (SSSR count). The maximum Gasteiger partial charge on any atom is 0.144 e. The SMILES string of the molecule is CC(CCc1ccco1)NCCC(C)(C)C(N)=NO. The van der Waals surface area contributed by atoms with Crippen molar-refractivity contribution in [2.45, 2.75) is 46.1 Å². The van der Waals surface area contributed by atoms with Crippen molar-refractivity contribution in [3.05, 3.63) is 24.2 Å². The third kappa shape index (κ3) is 5.34. The van der Waals surface area contributed by atoms with Crippen molar-refractivity contribution in [1.29, 1.82) is 0 Å². The van der Waals surface area contributed by atoms with Crippen LogP contribution in [-0.4, -0.2) is 23.6 Å². The Bertz CT molecular complexity index is 385. The van der Waals surface area contributed by atoms with E-state index in [2.05, 4.69) is 17.4 Å². The van der Waals surface area contributed by atoms with E-state index < -0.39 is 0 Å². The van der Waals surface area contributed by atoms with Gasteiger partial charge in [0.1, 0.15) is 11.6 Å². The molecule has 0 aliphatic heterocycles. The number of nitrogens with two attached hydrogens (primary N) is 1. The van der Waals surface area contributed by atoms with Gasteiger partial charge in [-0.05, 0) is 38.4 Å². The van der Waals surface area contributed by atoms with Crippen LogP contribution < -0.4 is 11.1 Å². The molecular weight excluding hydrogens is 242 g/mol. The Hall–Kier alpha value is -1.49. The van der Waals surface area contributed by atoms with Gasteiger partial charge in [0.05, 0.1) is 6.26 Å². The van der Waals surface area contributed by atoms with Crippen LogP contribution in [0.1, 0.15) is 39.4 Å². The minimum Gasteiger partial charge on any atom is -0.469 e. The first-order valence-corrected chi connectivity index (χ1v) is 6.69. The molecule has 0 amide bonds. The minimum atomic E-state index is -0.289. The molecule has 1 aromatic heterocycles. The lowest BCUT2D eigenvalue weighted by Crippen LogP contribution is -2.37. The summed E-state index contributed by atoms with van der Waals surface area (Å²) in [6.45, 7) is 6.93. The van der Waals surface area contributed by atoms with Crippen LogP contribution in [0.15, 0.2) is 28.0 Å². The van der Waals surface area contributed by atoms with Crippen LogP contribution in [0, 0.1) is 5.41 Å². The van der Waals surface area contributed by atoms with Gasteiger partial charge in [-0.15, -0.1) is 0 Å². The third-order valence-corrected chi connectivity index (χ3v) is 3.45. The molecule has 0 aliphatic rings. The number of oxime groups is 1. The first-order valence-electron chi connectivity index (χ1n) is 6.69. The molecule has 0 saturated carbocycles. The van der Waals surface area contributed by atoms with E-state index in [1.807, 2.05) is 26.0 Å². The molecule has 0 aromatic carbocycles. The van der Waals surface area contributed by atoms with Crippen molar-refractivity contribution in [1.82, 2.24) is 5.32 Å². The molecule has 1 atom stereocenters. The summed E-state index contributed by atoms with van der Waals surface area (Å²) in [4.78, 5) is 0. The second kappa shape index (κ2) is 7.19. The molecule has 19 heavy (non-hydrogen) atoms. The summed E-state index contributed by atoms with van der Waals surface area (Å²) in [5.74, 6) is 1.29. The number of furan rings is 1. The van der Waals surface area contributed by atoms with E-state index in [1.54, 1.807) is 6.26 Å². The summed E-state index contributed by atoms with van der Waals surface area (Å²) in [5.41, 5.74) is 5.36. The molecular formula is C14H25N3O2. The number of aryl methyl sites for hydroxylation is 1. The van der Waals surface area contributed by atoms with Crippen molar-refractivity contribution in [2.24, 2.45) is 16.3 Å². The van der Waals surface area contributed by atoms with Crippen molar-refractivity contribution >= 4 is 5.84 Å². The highest BCUT2D eigenvalue weighted by Gasteiger charge is 2.23. The quantitative estimate of drug-likeness (QED) is 0.292. The molecule has 1 unspecified atom stereocenters.